The van der Waals surface area contributed by atoms with Crippen LogP contribution in [0.5, 0.6) is 0 Å². The number of hydrogen-bond donors (Lipinski definition) is 1. The van der Waals surface area contributed by atoms with Crippen molar-refractivity contribution in [3.63, 3.8) is 0 Å². The molecule has 0 atom stereocenters. The van der Waals surface area contributed by atoms with Crippen LogP contribution in [-0.4, -0.2) is 13.4 Å². The molecule has 4 rings (SSSR count). The smallest absolute Gasteiger partial charge is 0.264 e. The van der Waals surface area contributed by atoms with Gasteiger partial charge in [-0.25, -0.2) is 8.42 Å². The fourth-order valence-corrected chi connectivity index (χ4v) is 4.26. The second kappa shape index (κ2) is 7.21. The molecule has 0 saturated carbocycles. The van der Waals surface area contributed by atoms with Crippen LogP contribution in [0.2, 0.25) is 0 Å². The molecule has 1 aromatic heterocycles. The van der Waals surface area contributed by atoms with Gasteiger partial charge in [0.05, 0.1) is 5.52 Å². The summed E-state index contributed by atoms with van der Waals surface area (Å²) in [5, 5.41) is 0.790. The molecule has 0 aliphatic heterocycles. The molecule has 5 heteroatoms. The summed E-state index contributed by atoms with van der Waals surface area (Å²) in [6, 6.07) is 26.4. The third-order valence-electron chi connectivity index (χ3n) is 4.34. The zero-order valence-corrected chi connectivity index (χ0v) is 15.4. The molecule has 0 saturated heterocycles. The summed E-state index contributed by atoms with van der Waals surface area (Å²) in [5.41, 5.74) is 3.33. The fraction of sp³-hybridized carbons (Fsp3) is 0.0455. The Kier molecular flexibility index (Phi) is 4.60. The summed E-state index contributed by atoms with van der Waals surface area (Å²) < 4.78 is 28.3. The minimum Gasteiger partial charge on any atom is -0.280 e. The van der Waals surface area contributed by atoms with Gasteiger partial charge in [0.1, 0.15) is 4.90 Å². The molecule has 0 radical (unpaired) electrons. The summed E-state index contributed by atoms with van der Waals surface area (Å²) in [7, 11) is -3.72. The van der Waals surface area contributed by atoms with E-state index in [0.717, 1.165) is 17.4 Å². The minimum absolute atomic E-state index is 0.175. The van der Waals surface area contributed by atoms with Crippen LogP contribution < -0.4 is 4.72 Å². The summed E-state index contributed by atoms with van der Waals surface area (Å²) >= 11 is 0. The maximum Gasteiger partial charge on any atom is 0.264 e. The second-order valence-corrected chi connectivity index (χ2v) is 7.95. The van der Waals surface area contributed by atoms with Gasteiger partial charge in [0.15, 0.2) is 0 Å². The van der Waals surface area contributed by atoms with Crippen molar-refractivity contribution in [2.75, 3.05) is 4.72 Å². The van der Waals surface area contributed by atoms with Crippen molar-refractivity contribution in [2.45, 2.75) is 11.3 Å². The van der Waals surface area contributed by atoms with Gasteiger partial charge >= 0.3 is 0 Å². The maximum absolute atomic E-state index is 12.8. The molecule has 0 bridgehead atoms. The molecule has 1 heterocycles. The molecule has 4 aromatic rings. The first-order valence-electron chi connectivity index (χ1n) is 8.61. The number of anilines is 1. The van der Waals surface area contributed by atoms with Crippen molar-refractivity contribution in [3.8, 4) is 0 Å². The fourth-order valence-electron chi connectivity index (χ4n) is 3.03. The summed E-state index contributed by atoms with van der Waals surface area (Å²) in [5.74, 6) is 0. The number of nitrogens with zero attached hydrogens (tertiary/aromatic N) is 1. The van der Waals surface area contributed by atoms with Crippen LogP contribution in [0.4, 0.5) is 5.69 Å². The Bertz CT molecular complexity index is 1170. The minimum atomic E-state index is -3.72. The molecule has 3 aromatic carbocycles. The van der Waals surface area contributed by atoms with E-state index in [-0.39, 0.29) is 4.90 Å². The molecular weight excluding hydrogens is 356 g/mol. The second-order valence-electron chi connectivity index (χ2n) is 6.30. The van der Waals surface area contributed by atoms with Gasteiger partial charge < -0.3 is 0 Å². The average Bonchev–Trinajstić information content (AvgIpc) is 2.70. The SMILES string of the molecule is O=S(=O)(Nc1ccc(Cc2ccccc2)cc1)c1cccc2cccnc12. The Morgan fingerprint density at radius 2 is 1.44 bits per heavy atom. The van der Waals surface area contributed by atoms with Crippen molar-refractivity contribution in [3.05, 3.63) is 102 Å². The highest BCUT2D eigenvalue weighted by Crippen LogP contribution is 2.23. The molecule has 0 fully saturated rings. The molecule has 0 amide bonds. The van der Waals surface area contributed by atoms with Crippen LogP contribution in [0.1, 0.15) is 11.1 Å². The van der Waals surface area contributed by atoms with Crippen LogP contribution in [0, 0.1) is 0 Å². The van der Waals surface area contributed by atoms with E-state index >= 15 is 0 Å². The van der Waals surface area contributed by atoms with E-state index in [0.29, 0.717) is 11.2 Å². The van der Waals surface area contributed by atoms with Crippen LogP contribution >= 0.6 is 0 Å². The van der Waals surface area contributed by atoms with Crippen molar-refractivity contribution in [2.24, 2.45) is 0 Å². The van der Waals surface area contributed by atoms with E-state index < -0.39 is 10.0 Å². The summed E-state index contributed by atoms with van der Waals surface area (Å²) in [6.45, 7) is 0. The lowest BCUT2D eigenvalue weighted by Gasteiger charge is -2.10. The molecule has 1 N–H and O–H groups in total. The van der Waals surface area contributed by atoms with Crippen LogP contribution in [-0.2, 0) is 16.4 Å². The number of hydrogen-bond acceptors (Lipinski definition) is 3. The highest BCUT2D eigenvalue weighted by atomic mass is 32.2. The zero-order valence-electron chi connectivity index (χ0n) is 14.5. The Labute approximate surface area is 158 Å². The van der Waals surface area contributed by atoms with E-state index in [1.54, 1.807) is 36.5 Å². The standard InChI is InChI=1S/C22H18N2O2S/c25-27(26,21-10-4-8-19-9-5-15-23-22(19)21)24-20-13-11-18(12-14-20)16-17-6-2-1-3-7-17/h1-15,24H,16H2. The maximum atomic E-state index is 12.8. The topological polar surface area (TPSA) is 59.1 Å². The van der Waals surface area contributed by atoms with Crippen LogP contribution in [0.25, 0.3) is 10.9 Å². The van der Waals surface area contributed by atoms with E-state index in [1.807, 2.05) is 42.5 Å². The van der Waals surface area contributed by atoms with Gasteiger partial charge in [-0.1, -0.05) is 60.7 Å². The average molecular weight is 374 g/mol. The highest BCUT2D eigenvalue weighted by Gasteiger charge is 2.18. The molecule has 0 unspecified atom stereocenters. The van der Waals surface area contributed by atoms with Crippen LogP contribution in [0.3, 0.4) is 0 Å². The van der Waals surface area contributed by atoms with E-state index in [1.165, 1.54) is 5.56 Å². The number of para-hydroxylation sites is 1. The largest absolute Gasteiger partial charge is 0.280 e. The predicted octanol–water partition coefficient (Wildman–Crippen LogP) is 4.63. The lowest BCUT2D eigenvalue weighted by molar-refractivity contribution is 0.602. The Morgan fingerprint density at radius 3 is 2.22 bits per heavy atom. The first kappa shape index (κ1) is 17.2. The molecule has 134 valence electrons. The van der Waals surface area contributed by atoms with E-state index in [9.17, 15) is 8.42 Å². The molecule has 0 spiro atoms. The number of rotatable bonds is 5. The van der Waals surface area contributed by atoms with Gasteiger partial charge in [-0.15, -0.1) is 0 Å². The Hall–Kier alpha value is -3.18. The van der Waals surface area contributed by atoms with Gasteiger partial charge in [0, 0.05) is 17.3 Å². The van der Waals surface area contributed by atoms with E-state index in [4.69, 9.17) is 0 Å². The third kappa shape index (κ3) is 3.83. The first-order valence-corrected chi connectivity index (χ1v) is 10.1. The van der Waals surface area contributed by atoms with Crippen molar-refractivity contribution in [1.82, 2.24) is 4.98 Å². The van der Waals surface area contributed by atoms with Gasteiger partial charge in [-0.05, 0) is 41.8 Å². The van der Waals surface area contributed by atoms with Crippen LogP contribution in [0.15, 0.2) is 96.0 Å². The monoisotopic (exact) mass is 374 g/mol. The summed E-state index contributed by atoms with van der Waals surface area (Å²) in [4.78, 5) is 4.41. The molecule has 0 aliphatic rings. The summed E-state index contributed by atoms with van der Waals surface area (Å²) in [6.07, 6.45) is 2.40. The Morgan fingerprint density at radius 1 is 0.741 bits per heavy atom. The first-order chi connectivity index (χ1) is 13.1. The number of sulfonamides is 1. The highest BCUT2D eigenvalue weighted by molar-refractivity contribution is 7.93. The normalized spacial score (nSPS) is 11.4. The lowest BCUT2D eigenvalue weighted by Crippen LogP contribution is -2.13. The molecule has 0 aliphatic carbocycles. The number of pyridine rings is 1. The van der Waals surface area contributed by atoms with Crippen molar-refractivity contribution in [1.29, 1.82) is 0 Å². The van der Waals surface area contributed by atoms with Gasteiger partial charge in [0.25, 0.3) is 10.0 Å². The van der Waals surface area contributed by atoms with Crippen molar-refractivity contribution >= 4 is 26.6 Å². The quantitative estimate of drug-likeness (QED) is 0.554. The Balaban J connectivity index is 1.57. The van der Waals surface area contributed by atoms with Gasteiger partial charge in [-0.3, -0.25) is 9.71 Å². The van der Waals surface area contributed by atoms with Gasteiger partial charge in [-0.2, -0.15) is 0 Å². The molecular formula is C22H18N2O2S. The molecule has 4 nitrogen and oxygen atoms in total. The van der Waals surface area contributed by atoms with Crippen molar-refractivity contribution < 1.29 is 8.42 Å². The zero-order chi connectivity index (χ0) is 18.7. The lowest BCUT2D eigenvalue weighted by atomic mass is 10.1. The number of nitrogens with one attached hydrogen (secondary N) is 1. The number of fused-ring (bicyclic) bond motifs is 1. The molecule has 27 heavy (non-hydrogen) atoms. The number of aromatic nitrogens is 1. The van der Waals surface area contributed by atoms with Gasteiger partial charge in [0.2, 0.25) is 0 Å². The predicted molar refractivity (Wildman–Crippen MR) is 108 cm³/mol. The number of benzene rings is 3. The third-order valence-corrected chi connectivity index (χ3v) is 5.76. The van der Waals surface area contributed by atoms with E-state index in [2.05, 4.69) is 21.8 Å².